The molecule has 1 amide bonds. The highest BCUT2D eigenvalue weighted by molar-refractivity contribution is 6.35. The van der Waals surface area contributed by atoms with Gasteiger partial charge in [-0.2, -0.15) is 0 Å². The third-order valence-corrected chi connectivity index (χ3v) is 3.50. The summed E-state index contributed by atoms with van der Waals surface area (Å²) in [5, 5.41) is 7.06. The Balaban J connectivity index is 1.92. The van der Waals surface area contributed by atoms with Gasteiger partial charge in [-0.1, -0.05) is 23.2 Å². The molecule has 1 aromatic carbocycles. The van der Waals surface area contributed by atoms with Crippen molar-refractivity contribution in [2.75, 3.05) is 13.1 Å². The number of halogens is 2. The molecule has 1 aliphatic heterocycles. The summed E-state index contributed by atoms with van der Waals surface area (Å²) >= 11 is 11.8. The molecule has 6 heteroatoms. The topological polar surface area (TPSA) is 50.4 Å². The van der Waals surface area contributed by atoms with Gasteiger partial charge in [-0.3, -0.25) is 4.79 Å². The number of ether oxygens (including phenoxy) is 1. The molecule has 2 unspecified atom stereocenters. The number of hydrogen-bond donors (Lipinski definition) is 2. The van der Waals surface area contributed by atoms with Crippen LogP contribution in [0.4, 0.5) is 0 Å². The normalized spacial score (nSPS) is 20.1. The van der Waals surface area contributed by atoms with Crippen LogP contribution in [-0.4, -0.2) is 31.1 Å². The molecule has 0 aliphatic carbocycles. The molecule has 0 spiro atoms. The number of rotatable bonds is 4. The highest BCUT2D eigenvalue weighted by Crippen LogP contribution is 2.28. The highest BCUT2D eigenvalue weighted by atomic mass is 35.5. The van der Waals surface area contributed by atoms with Crippen molar-refractivity contribution in [2.24, 2.45) is 0 Å². The van der Waals surface area contributed by atoms with Gasteiger partial charge >= 0.3 is 0 Å². The number of hydrogen-bond acceptors (Lipinski definition) is 3. The van der Waals surface area contributed by atoms with Crippen LogP contribution in [-0.2, 0) is 4.79 Å². The molecular weight excluding hydrogens is 287 g/mol. The summed E-state index contributed by atoms with van der Waals surface area (Å²) in [7, 11) is 0. The summed E-state index contributed by atoms with van der Waals surface area (Å²) in [6.07, 6.45) is 0.347. The summed E-state index contributed by atoms with van der Waals surface area (Å²) in [5.74, 6) is 0.318. The summed E-state index contributed by atoms with van der Waals surface area (Å²) in [6, 6.07) is 5.10. The van der Waals surface area contributed by atoms with Crippen LogP contribution in [0.15, 0.2) is 18.2 Å². The molecule has 1 saturated heterocycles. The van der Waals surface area contributed by atoms with Crippen LogP contribution < -0.4 is 15.4 Å². The number of amides is 1. The summed E-state index contributed by atoms with van der Waals surface area (Å²) in [4.78, 5) is 11.9. The Bertz CT molecular complexity index is 462. The highest BCUT2D eigenvalue weighted by Gasteiger charge is 2.21. The molecule has 2 atom stereocenters. The predicted octanol–water partition coefficient (Wildman–Crippen LogP) is 2.24. The molecular formula is C13H16Cl2N2O2. The van der Waals surface area contributed by atoms with Gasteiger partial charge in [0.25, 0.3) is 5.91 Å². The molecule has 1 aliphatic rings. The van der Waals surface area contributed by atoms with Crippen LogP contribution in [0.2, 0.25) is 10.0 Å². The van der Waals surface area contributed by atoms with E-state index < -0.39 is 6.10 Å². The first-order valence-corrected chi connectivity index (χ1v) is 6.94. The van der Waals surface area contributed by atoms with Gasteiger partial charge in [0.15, 0.2) is 6.10 Å². The van der Waals surface area contributed by atoms with Crippen molar-refractivity contribution in [1.82, 2.24) is 10.6 Å². The Morgan fingerprint density at radius 1 is 1.53 bits per heavy atom. The van der Waals surface area contributed by atoms with Crippen molar-refractivity contribution in [2.45, 2.75) is 25.5 Å². The van der Waals surface area contributed by atoms with E-state index in [0.717, 1.165) is 19.5 Å². The molecule has 4 nitrogen and oxygen atoms in total. The van der Waals surface area contributed by atoms with E-state index in [1.54, 1.807) is 25.1 Å². The van der Waals surface area contributed by atoms with Crippen LogP contribution in [0.5, 0.6) is 5.75 Å². The van der Waals surface area contributed by atoms with Gasteiger partial charge in [0.2, 0.25) is 0 Å². The molecule has 1 aromatic rings. The lowest BCUT2D eigenvalue weighted by Crippen LogP contribution is -2.43. The zero-order valence-electron chi connectivity index (χ0n) is 10.6. The lowest BCUT2D eigenvalue weighted by Gasteiger charge is -2.18. The van der Waals surface area contributed by atoms with E-state index in [1.165, 1.54) is 0 Å². The van der Waals surface area contributed by atoms with Gasteiger partial charge in [0.1, 0.15) is 5.75 Å². The minimum atomic E-state index is -0.598. The summed E-state index contributed by atoms with van der Waals surface area (Å²) in [6.45, 7) is 3.44. The quantitative estimate of drug-likeness (QED) is 0.897. The Labute approximate surface area is 122 Å². The smallest absolute Gasteiger partial charge is 0.261 e. The van der Waals surface area contributed by atoms with Gasteiger partial charge in [-0.05, 0) is 38.1 Å². The van der Waals surface area contributed by atoms with Gasteiger partial charge in [0, 0.05) is 17.6 Å². The first-order valence-electron chi connectivity index (χ1n) is 6.19. The molecule has 1 heterocycles. The Hall–Kier alpha value is -0.970. The number of benzene rings is 1. The number of carbonyl (C=O) groups is 1. The maximum absolute atomic E-state index is 11.9. The van der Waals surface area contributed by atoms with Crippen LogP contribution in [0, 0.1) is 0 Å². The second kappa shape index (κ2) is 6.46. The molecule has 2 rings (SSSR count). The standard InChI is InChI=1S/C13H16Cl2N2O2/c1-8(13(18)17-10-4-5-16-7-10)19-12-3-2-9(14)6-11(12)15/h2-3,6,8,10,16H,4-5,7H2,1H3,(H,17,18). The third-order valence-electron chi connectivity index (χ3n) is 2.97. The second-order valence-corrected chi connectivity index (χ2v) is 5.38. The van der Waals surface area contributed by atoms with E-state index in [4.69, 9.17) is 27.9 Å². The molecule has 19 heavy (non-hydrogen) atoms. The van der Waals surface area contributed by atoms with Crippen LogP contribution in [0.1, 0.15) is 13.3 Å². The van der Waals surface area contributed by atoms with E-state index >= 15 is 0 Å². The fourth-order valence-corrected chi connectivity index (χ4v) is 2.36. The lowest BCUT2D eigenvalue weighted by atomic mass is 10.2. The van der Waals surface area contributed by atoms with E-state index in [2.05, 4.69) is 10.6 Å². The molecule has 104 valence electrons. The Morgan fingerprint density at radius 3 is 2.95 bits per heavy atom. The van der Waals surface area contributed by atoms with Crippen LogP contribution in [0.25, 0.3) is 0 Å². The van der Waals surface area contributed by atoms with E-state index in [-0.39, 0.29) is 11.9 Å². The predicted molar refractivity (Wildman–Crippen MR) is 76.0 cm³/mol. The summed E-state index contributed by atoms with van der Waals surface area (Å²) in [5.41, 5.74) is 0. The van der Waals surface area contributed by atoms with Gasteiger partial charge in [0.05, 0.1) is 5.02 Å². The van der Waals surface area contributed by atoms with E-state index in [1.807, 2.05) is 0 Å². The first-order chi connectivity index (χ1) is 9.06. The second-order valence-electron chi connectivity index (χ2n) is 4.53. The van der Waals surface area contributed by atoms with Gasteiger partial charge in [-0.15, -0.1) is 0 Å². The zero-order chi connectivity index (χ0) is 13.8. The fourth-order valence-electron chi connectivity index (χ4n) is 1.91. The average Bonchev–Trinajstić information content (AvgIpc) is 2.85. The minimum Gasteiger partial charge on any atom is -0.479 e. The van der Waals surface area contributed by atoms with Crippen molar-refractivity contribution < 1.29 is 9.53 Å². The lowest BCUT2D eigenvalue weighted by molar-refractivity contribution is -0.127. The molecule has 2 N–H and O–H groups in total. The van der Waals surface area contributed by atoms with Crippen molar-refractivity contribution in [3.63, 3.8) is 0 Å². The van der Waals surface area contributed by atoms with Gasteiger partial charge in [-0.25, -0.2) is 0 Å². The van der Waals surface area contributed by atoms with Gasteiger partial charge < -0.3 is 15.4 Å². The minimum absolute atomic E-state index is 0.139. The number of carbonyl (C=O) groups excluding carboxylic acids is 1. The van der Waals surface area contributed by atoms with Crippen molar-refractivity contribution in [3.8, 4) is 5.75 Å². The van der Waals surface area contributed by atoms with E-state index in [0.29, 0.717) is 15.8 Å². The van der Waals surface area contributed by atoms with Crippen molar-refractivity contribution in [1.29, 1.82) is 0 Å². The maximum atomic E-state index is 11.9. The molecule has 0 saturated carbocycles. The SMILES string of the molecule is CC(Oc1ccc(Cl)cc1Cl)C(=O)NC1CCNC1. The zero-order valence-corrected chi connectivity index (χ0v) is 12.1. The Morgan fingerprint density at radius 2 is 2.32 bits per heavy atom. The first kappa shape index (κ1) is 14.4. The van der Waals surface area contributed by atoms with Crippen LogP contribution >= 0.6 is 23.2 Å². The van der Waals surface area contributed by atoms with Crippen molar-refractivity contribution >= 4 is 29.1 Å². The average molecular weight is 303 g/mol. The largest absolute Gasteiger partial charge is 0.479 e. The third kappa shape index (κ3) is 4.00. The van der Waals surface area contributed by atoms with Crippen molar-refractivity contribution in [3.05, 3.63) is 28.2 Å². The van der Waals surface area contributed by atoms with E-state index in [9.17, 15) is 4.79 Å². The molecule has 0 radical (unpaired) electrons. The molecule has 0 bridgehead atoms. The maximum Gasteiger partial charge on any atom is 0.261 e. The molecule has 0 aromatic heterocycles. The molecule has 1 fully saturated rings. The van der Waals surface area contributed by atoms with Crippen LogP contribution in [0.3, 0.4) is 0 Å². The Kier molecular flexibility index (Phi) is 4.91. The fraction of sp³-hybridized carbons (Fsp3) is 0.462. The number of nitrogens with one attached hydrogen (secondary N) is 2. The monoisotopic (exact) mass is 302 g/mol. The summed E-state index contributed by atoms with van der Waals surface area (Å²) < 4.78 is 5.55.